The third kappa shape index (κ3) is 2.64. The summed E-state index contributed by atoms with van der Waals surface area (Å²) in [6.45, 7) is 0. The van der Waals surface area contributed by atoms with Gasteiger partial charge in [-0.15, -0.1) is 0 Å². The monoisotopic (exact) mass is 363 g/mol. The van der Waals surface area contributed by atoms with E-state index in [-0.39, 0.29) is 17.1 Å². The minimum absolute atomic E-state index is 0.0104. The number of nitrogens with zero attached hydrogens (tertiary/aromatic N) is 2. The number of carbonyl (C=O) groups is 1. The molecule has 7 heteroatoms. The van der Waals surface area contributed by atoms with Crippen molar-refractivity contribution in [3.8, 4) is 11.1 Å². The number of nitrogens with one attached hydrogen (secondary N) is 1. The van der Waals surface area contributed by atoms with E-state index in [1.165, 1.54) is 36.5 Å². The van der Waals surface area contributed by atoms with Crippen LogP contribution in [0, 0.1) is 17.8 Å². The maximum absolute atomic E-state index is 14.5. The number of carbonyl (C=O) groups excluding carboxylic acids is 1. The average molecular weight is 363 g/mol. The molecule has 2 heterocycles. The summed E-state index contributed by atoms with van der Waals surface area (Å²) in [6.07, 6.45) is 1.28. The number of nitrogens with two attached hydrogens (primary N) is 1. The van der Waals surface area contributed by atoms with Crippen LogP contribution in [-0.4, -0.2) is 16.9 Å². The van der Waals surface area contributed by atoms with Gasteiger partial charge in [0.15, 0.2) is 11.5 Å². The minimum Gasteiger partial charge on any atom is -0.370 e. The zero-order valence-electron chi connectivity index (χ0n) is 13.9. The molecule has 1 unspecified atom stereocenters. The number of benzene rings is 2. The molecule has 1 atom stereocenters. The molecule has 3 N–H and O–H groups in total. The van der Waals surface area contributed by atoms with Crippen molar-refractivity contribution in [3.63, 3.8) is 0 Å². The molecule has 1 radical (unpaired) electrons. The largest absolute Gasteiger partial charge is 0.370 e. The summed E-state index contributed by atoms with van der Waals surface area (Å²) in [5.41, 5.74) is 5.10. The van der Waals surface area contributed by atoms with Crippen LogP contribution in [0.3, 0.4) is 0 Å². The van der Waals surface area contributed by atoms with Crippen LogP contribution >= 0.6 is 0 Å². The Labute approximate surface area is 153 Å². The highest BCUT2D eigenvalue weighted by molar-refractivity contribution is 6.09. The third-order valence-electron chi connectivity index (χ3n) is 4.43. The van der Waals surface area contributed by atoms with Crippen LogP contribution in [0.2, 0.25) is 0 Å². The van der Waals surface area contributed by atoms with Crippen LogP contribution in [0.5, 0.6) is 0 Å². The van der Waals surface area contributed by atoms with Crippen molar-refractivity contribution in [2.45, 2.75) is 5.54 Å². The standard InChI is InChI=1S/C20H13F2N4O/c21-16-9-8-13(11-15(16)14-7-4-10-24-17(14)22)20(12-5-2-1-3-6-12)18(27)25-19(23)26-20/h2-11H,(H3,23,25,26,27). The van der Waals surface area contributed by atoms with E-state index in [1.54, 1.807) is 24.3 Å². The second-order valence-corrected chi connectivity index (χ2v) is 5.99. The van der Waals surface area contributed by atoms with Crippen LogP contribution in [0.4, 0.5) is 8.78 Å². The van der Waals surface area contributed by atoms with Gasteiger partial charge in [-0.2, -0.15) is 4.39 Å². The van der Waals surface area contributed by atoms with Crippen molar-refractivity contribution in [3.05, 3.63) is 89.8 Å². The fourth-order valence-corrected chi connectivity index (χ4v) is 3.20. The Morgan fingerprint density at radius 2 is 1.81 bits per heavy atom. The Balaban J connectivity index is 1.97. The van der Waals surface area contributed by atoms with Crippen LogP contribution in [-0.2, 0) is 10.3 Å². The summed E-state index contributed by atoms with van der Waals surface area (Å²) >= 11 is 0. The number of amides is 1. The van der Waals surface area contributed by atoms with Crippen LogP contribution in [0.15, 0.2) is 65.8 Å². The summed E-state index contributed by atoms with van der Waals surface area (Å²) in [6, 6.07) is 16.4. The first-order valence-electron chi connectivity index (χ1n) is 8.06. The molecular formula is C20H13F2N4O. The van der Waals surface area contributed by atoms with Gasteiger partial charge in [0.05, 0.1) is 0 Å². The predicted octanol–water partition coefficient (Wildman–Crippen LogP) is 2.52. The molecular weight excluding hydrogens is 350 g/mol. The first-order valence-corrected chi connectivity index (χ1v) is 8.06. The summed E-state index contributed by atoms with van der Waals surface area (Å²) in [5.74, 6) is -1.98. The zero-order chi connectivity index (χ0) is 19.0. The molecule has 0 bridgehead atoms. The van der Waals surface area contributed by atoms with E-state index in [0.717, 1.165) is 0 Å². The van der Waals surface area contributed by atoms with E-state index in [0.29, 0.717) is 11.1 Å². The van der Waals surface area contributed by atoms with Gasteiger partial charge in [-0.25, -0.2) is 14.4 Å². The highest BCUT2D eigenvalue weighted by Crippen LogP contribution is 2.39. The van der Waals surface area contributed by atoms with Gasteiger partial charge in [0.2, 0.25) is 5.95 Å². The van der Waals surface area contributed by atoms with E-state index in [1.807, 2.05) is 0 Å². The maximum Gasteiger partial charge on any atom is 0.263 e. The Morgan fingerprint density at radius 3 is 2.48 bits per heavy atom. The number of halogens is 2. The first kappa shape index (κ1) is 16.8. The highest BCUT2D eigenvalue weighted by atomic mass is 19.1. The number of hydrogen-bond donors (Lipinski definition) is 2. The summed E-state index contributed by atoms with van der Waals surface area (Å²) in [7, 11) is 0. The number of rotatable bonds is 3. The fraction of sp³-hybridized carbons (Fsp3) is 0.0500. The van der Waals surface area contributed by atoms with Gasteiger partial charge < -0.3 is 5.73 Å². The van der Waals surface area contributed by atoms with E-state index < -0.39 is 23.2 Å². The predicted molar refractivity (Wildman–Crippen MR) is 95.4 cm³/mol. The van der Waals surface area contributed by atoms with E-state index in [2.05, 4.69) is 21.4 Å². The normalized spacial score (nSPS) is 18.9. The van der Waals surface area contributed by atoms with Gasteiger partial charge in [-0.3, -0.25) is 10.1 Å². The molecule has 133 valence electrons. The molecule has 27 heavy (non-hydrogen) atoms. The van der Waals surface area contributed by atoms with Crippen molar-refractivity contribution >= 4 is 11.9 Å². The molecule has 1 aromatic heterocycles. The second-order valence-electron chi connectivity index (χ2n) is 5.99. The smallest absolute Gasteiger partial charge is 0.263 e. The lowest BCUT2D eigenvalue weighted by Crippen LogP contribution is -2.39. The van der Waals surface area contributed by atoms with Gasteiger partial charge in [0.1, 0.15) is 5.82 Å². The Kier molecular flexibility index (Phi) is 3.92. The molecule has 0 fully saturated rings. The number of hydrogen-bond acceptors (Lipinski definition) is 4. The summed E-state index contributed by atoms with van der Waals surface area (Å²) in [5, 5.41) is 2.49. The molecule has 2 aromatic carbocycles. The van der Waals surface area contributed by atoms with Crippen molar-refractivity contribution in [1.29, 1.82) is 0 Å². The fourth-order valence-electron chi connectivity index (χ4n) is 3.20. The zero-order valence-corrected chi connectivity index (χ0v) is 13.9. The van der Waals surface area contributed by atoms with Crippen LogP contribution < -0.4 is 11.1 Å². The summed E-state index contributed by atoms with van der Waals surface area (Å²) in [4.78, 5) is 20.7. The Bertz CT molecular complexity index is 1070. The van der Waals surface area contributed by atoms with Gasteiger partial charge in [0.25, 0.3) is 5.91 Å². The number of aromatic nitrogens is 1. The minimum atomic E-state index is -1.50. The number of pyridine rings is 1. The third-order valence-corrected chi connectivity index (χ3v) is 4.43. The Hall–Kier alpha value is -3.61. The highest BCUT2D eigenvalue weighted by Gasteiger charge is 2.46. The van der Waals surface area contributed by atoms with Gasteiger partial charge in [0, 0.05) is 17.3 Å². The number of aliphatic imine (C=N–C) groups is 1. The molecule has 4 rings (SSSR count). The topological polar surface area (TPSA) is 80.4 Å². The van der Waals surface area contributed by atoms with Crippen molar-refractivity contribution in [1.82, 2.24) is 10.3 Å². The molecule has 1 aliphatic heterocycles. The molecule has 0 saturated heterocycles. The molecule has 1 amide bonds. The summed E-state index contributed by atoms with van der Waals surface area (Å²) < 4.78 is 28.6. The lowest BCUT2D eigenvalue weighted by Gasteiger charge is -2.25. The first-order chi connectivity index (χ1) is 13.0. The van der Waals surface area contributed by atoms with E-state index in [4.69, 9.17) is 5.73 Å². The lowest BCUT2D eigenvalue weighted by molar-refractivity contribution is -0.122. The quantitative estimate of drug-likeness (QED) is 0.702. The van der Waals surface area contributed by atoms with E-state index >= 15 is 0 Å². The van der Waals surface area contributed by atoms with E-state index in [9.17, 15) is 13.6 Å². The molecule has 1 aliphatic rings. The lowest BCUT2D eigenvalue weighted by atomic mass is 9.82. The second kappa shape index (κ2) is 6.28. The molecule has 5 nitrogen and oxygen atoms in total. The van der Waals surface area contributed by atoms with Crippen molar-refractivity contribution in [2.24, 2.45) is 10.7 Å². The maximum atomic E-state index is 14.5. The van der Waals surface area contributed by atoms with Crippen LogP contribution in [0.25, 0.3) is 11.1 Å². The van der Waals surface area contributed by atoms with Crippen LogP contribution in [0.1, 0.15) is 11.1 Å². The van der Waals surface area contributed by atoms with Gasteiger partial charge in [-0.1, -0.05) is 30.3 Å². The van der Waals surface area contributed by atoms with Crippen molar-refractivity contribution < 1.29 is 13.6 Å². The molecule has 0 saturated carbocycles. The molecule has 0 spiro atoms. The van der Waals surface area contributed by atoms with Crippen molar-refractivity contribution in [2.75, 3.05) is 0 Å². The molecule has 0 aliphatic carbocycles. The van der Waals surface area contributed by atoms with Gasteiger partial charge >= 0.3 is 0 Å². The average Bonchev–Trinajstić information content (AvgIpc) is 2.98. The van der Waals surface area contributed by atoms with Gasteiger partial charge in [-0.05, 0) is 41.5 Å². The Morgan fingerprint density at radius 1 is 1.04 bits per heavy atom. The number of guanidine groups is 1. The SMILES string of the molecule is NC1=NC(c2cc[c]cc2)(c2ccc(F)c(-c3cccnc3F)c2)C(=O)N1. The molecule has 3 aromatic rings.